The minimum absolute atomic E-state index is 0.438. The zero-order valence-corrected chi connectivity index (χ0v) is 7.91. The summed E-state index contributed by atoms with van der Waals surface area (Å²) in [6.07, 6.45) is 4.88. The van der Waals surface area contributed by atoms with Crippen LogP contribution in [0.4, 0.5) is 0 Å². The lowest BCUT2D eigenvalue weighted by molar-refractivity contribution is 0.424. The van der Waals surface area contributed by atoms with Crippen LogP contribution < -0.4 is 16.2 Å². The Kier molecular flexibility index (Phi) is 3.34. The quantitative estimate of drug-likeness (QED) is 0.493. The van der Waals surface area contributed by atoms with Gasteiger partial charge >= 0.3 is 7.12 Å². The molecule has 0 atom stereocenters. The molecule has 3 N–H and O–H groups in total. The van der Waals surface area contributed by atoms with Gasteiger partial charge in [-0.1, -0.05) is 19.1 Å². The van der Waals surface area contributed by atoms with E-state index in [-0.39, 0.29) is 0 Å². The van der Waals surface area contributed by atoms with Crippen LogP contribution in [0.2, 0.25) is 0 Å². The molecule has 1 aromatic rings. The standard InChI is InChI=1S/C9H14BNO2/c1-3-5-7-6-9(10(12)13)11-8(7)4-2/h4-6,11-13H,3H2,1-2H3/b7-5-,8-4+. The summed E-state index contributed by atoms with van der Waals surface area (Å²) >= 11 is 0. The highest BCUT2D eigenvalue weighted by molar-refractivity contribution is 6.57. The molecule has 4 heteroatoms. The molecule has 0 fully saturated rings. The predicted octanol–water partition coefficient (Wildman–Crippen LogP) is -1.31. The van der Waals surface area contributed by atoms with Gasteiger partial charge in [0.25, 0.3) is 0 Å². The van der Waals surface area contributed by atoms with Crippen molar-refractivity contribution >= 4 is 24.9 Å². The van der Waals surface area contributed by atoms with E-state index in [1.165, 1.54) is 0 Å². The fraction of sp³-hybridized carbons (Fsp3) is 0.333. The molecule has 0 bridgehead atoms. The number of hydrogen-bond acceptors (Lipinski definition) is 2. The molecule has 0 aliphatic heterocycles. The Labute approximate surface area is 77.6 Å². The highest BCUT2D eigenvalue weighted by Crippen LogP contribution is 1.74. The summed E-state index contributed by atoms with van der Waals surface area (Å²) in [4.78, 5) is 2.93. The molecule has 0 aliphatic rings. The van der Waals surface area contributed by atoms with E-state index in [1.807, 2.05) is 26.0 Å². The maximum absolute atomic E-state index is 8.92. The molecule has 0 unspecified atom stereocenters. The van der Waals surface area contributed by atoms with Gasteiger partial charge in [-0.2, -0.15) is 0 Å². The average Bonchev–Trinajstić information content (AvgIpc) is 2.48. The van der Waals surface area contributed by atoms with Gasteiger partial charge in [-0.15, -0.1) is 0 Å². The van der Waals surface area contributed by atoms with E-state index in [1.54, 1.807) is 6.07 Å². The summed E-state index contributed by atoms with van der Waals surface area (Å²) in [7, 11) is -1.42. The summed E-state index contributed by atoms with van der Waals surface area (Å²) in [6, 6.07) is 1.75. The van der Waals surface area contributed by atoms with Gasteiger partial charge in [0.05, 0.1) is 0 Å². The van der Waals surface area contributed by atoms with Crippen molar-refractivity contribution in [3.05, 3.63) is 16.6 Å². The number of aromatic amines is 1. The minimum Gasteiger partial charge on any atom is -0.422 e. The lowest BCUT2D eigenvalue weighted by Gasteiger charge is -1.89. The molecule has 0 aliphatic carbocycles. The van der Waals surface area contributed by atoms with Gasteiger partial charge in [0.1, 0.15) is 0 Å². The van der Waals surface area contributed by atoms with Crippen molar-refractivity contribution in [2.75, 3.05) is 0 Å². The minimum atomic E-state index is -1.42. The van der Waals surface area contributed by atoms with E-state index < -0.39 is 7.12 Å². The largest absolute Gasteiger partial charge is 0.505 e. The lowest BCUT2D eigenvalue weighted by Crippen LogP contribution is -2.32. The van der Waals surface area contributed by atoms with E-state index in [4.69, 9.17) is 10.0 Å². The Morgan fingerprint density at radius 2 is 2.23 bits per heavy atom. The first-order chi connectivity index (χ1) is 6.19. The van der Waals surface area contributed by atoms with Crippen molar-refractivity contribution in [2.24, 2.45) is 0 Å². The Morgan fingerprint density at radius 3 is 2.69 bits per heavy atom. The number of nitrogens with one attached hydrogen (secondary N) is 1. The van der Waals surface area contributed by atoms with Crippen LogP contribution in [0.3, 0.4) is 0 Å². The first-order valence-electron chi connectivity index (χ1n) is 4.40. The fourth-order valence-electron chi connectivity index (χ4n) is 1.28. The monoisotopic (exact) mass is 179 g/mol. The van der Waals surface area contributed by atoms with Gasteiger partial charge in [-0.25, -0.2) is 0 Å². The predicted molar refractivity (Wildman–Crippen MR) is 54.8 cm³/mol. The highest BCUT2D eigenvalue weighted by Gasteiger charge is 2.11. The van der Waals surface area contributed by atoms with E-state index in [0.29, 0.717) is 5.59 Å². The molecule has 1 heterocycles. The van der Waals surface area contributed by atoms with Crippen molar-refractivity contribution in [1.29, 1.82) is 0 Å². The third-order valence-electron chi connectivity index (χ3n) is 1.89. The van der Waals surface area contributed by atoms with Crippen molar-refractivity contribution in [3.63, 3.8) is 0 Å². The SMILES string of the molecule is C/C=c1/[nH]c(B(O)O)c/c1=C/CC. The zero-order valence-electron chi connectivity index (χ0n) is 7.91. The molecule has 0 amide bonds. The molecule has 1 rings (SSSR count). The molecule has 0 saturated carbocycles. The summed E-state index contributed by atoms with van der Waals surface area (Å²) in [5.41, 5.74) is 0.438. The van der Waals surface area contributed by atoms with E-state index in [0.717, 1.165) is 17.0 Å². The topological polar surface area (TPSA) is 56.2 Å². The van der Waals surface area contributed by atoms with Crippen LogP contribution in [-0.4, -0.2) is 22.2 Å². The van der Waals surface area contributed by atoms with Gasteiger partial charge < -0.3 is 15.0 Å². The Hall–Kier alpha value is -0.995. The van der Waals surface area contributed by atoms with E-state index >= 15 is 0 Å². The van der Waals surface area contributed by atoms with Crippen LogP contribution in [0.5, 0.6) is 0 Å². The zero-order chi connectivity index (χ0) is 9.84. The molecule has 13 heavy (non-hydrogen) atoms. The van der Waals surface area contributed by atoms with Gasteiger partial charge in [0, 0.05) is 10.9 Å². The first-order valence-corrected chi connectivity index (χ1v) is 4.40. The molecule has 3 nitrogen and oxygen atoms in total. The molecule has 0 saturated heterocycles. The Morgan fingerprint density at radius 1 is 1.54 bits per heavy atom. The first kappa shape index (κ1) is 10.1. The van der Waals surface area contributed by atoms with Gasteiger partial charge in [0.2, 0.25) is 0 Å². The summed E-state index contributed by atoms with van der Waals surface area (Å²) in [5, 5.41) is 19.8. The van der Waals surface area contributed by atoms with Crippen LogP contribution in [0, 0.1) is 0 Å². The maximum Gasteiger partial charge on any atom is 0.505 e. The van der Waals surface area contributed by atoms with Gasteiger partial charge in [0.15, 0.2) is 0 Å². The second-order valence-corrected chi connectivity index (χ2v) is 2.87. The maximum atomic E-state index is 8.92. The summed E-state index contributed by atoms with van der Waals surface area (Å²) < 4.78 is 0. The highest BCUT2D eigenvalue weighted by atomic mass is 16.4. The number of rotatable bonds is 2. The van der Waals surface area contributed by atoms with Gasteiger partial charge in [-0.3, -0.25) is 0 Å². The molecule has 0 spiro atoms. The molecule has 0 radical (unpaired) electrons. The van der Waals surface area contributed by atoms with Crippen LogP contribution in [0.15, 0.2) is 6.07 Å². The van der Waals surface area contributed by atoms with Crippen molar-refractivity contribution in [1.82, 2.24) is 4.98 Å². The van der Waals surface area contributed by atoms with Crippen molar-refractivity contribution < 1.29 is 10.0 Å². The van der Waals surface area contributed by atoms with Crippen molar-refractivity contribution in [2.45, 2.75) is 20.3 Å². The lowest BCUT2D eigenvalue weighted by atomic mass is 9.87. The molecular formula is C9H14BNO2. The molecule has 0 aromatic carbocycles. The molecule has 1 aromatic heterocycles. The summed E-state index contributed by atoms with van der Waals surface area (Å²) in [5.74, 6) is 0. The number of hydrogen-bond donors (Lipinski definition) is 3. The fourth-order valence-corrected chi connectivity index (χ4v) is 1.28. The molecule has 70 valence electrons. The molecular weight excluding hydrogens is 165 g/mol. The second kappa shape index (κ2) is 4.30. The number of aromatic nitrogens is 1. The van der Waals surface area contributed by atoms with Gasteiger partial charge in [-0.05, 0) is 24.6 Å². The third kappa shape index (κ3) is 2.23. The van der Waals surface area contributed by atoms with Crippen LogP contribution in [0.25, 0.3) is 12.2 Å². The van der Waals surface area contributed by atoms with E-state index in [2.05, 4.69) is 4.98 Å². The smallest absolute Gasteiger partial charge is 0.422 e. The normalized spacial score (nSPS) is 13.8. The van der Waals surface area contributed by atoms with Crippen molar-refractivity contribution in [3.8, 4) is 0 Å². The third-order valence-corrected chi connectivity index (χ3v) is 1.89. The summed E-state index contributed by atoms with van der Waals surface area (Å²) in [6.45, 7) is 3.95. The van der Waals surface area contributed by atoms with Crippen LogP contribution in [-0.2, 0) is 0 Å². The van der Waals surface area contributed by atoms with Crippen LogP contribution >= 0.6 is 0 Å². The Bertz CT molecular complexity index is 381. The average molecular weight is 179 g/mol. The second-order valence-electron chi connectivity index (χ2n) is 2.87. The number of H-pyrrole nitrogens is 1. The van der Waals surface area contributed by atoms with E-state index in [9.17, 15) is 0 Å². The Balaban J connectivity index is 3.29. The van der Waals surface area contributed by atoms with Crippen LogP contribution in [0.1, 0.15) is 20.3 Å².